The molecule has 0 atom stereocenters. The summed E-state index contributed by atoms with van der Waals surface area (Å²) in [6.07, 6.45) is 0.799. The first-order chi connectivity index (χ1) is 8.63. The zero-order valence-corrected chi connectivity index (χ0v) is 10.7. The van der Waals surface area contributed by atoms with Crippen LogP contribution in [0.5, 0.6) is 0 Å². The second-order valence-electron chi connectivity index (χ2n) is 3.89. The van der Waals surface area contributed by atoms with Crippen LogP contribution in [-0.2, 0) is 13.0 Å². The lowest BCUT2D eigenvalue weighted by atomic mass is 10.3. The minimum atomic E-state index is -0.247. The predicted molar refractivity (Wildman–Crippen MR) is 66.4 cm³/mol. The van der Waals surface area contributed by atoms with Gasteiger partial charge in [-0.25, -0.2) is 0 Å². The zero-order chi connectivity index (χ0) is 13.1. The van der Waals surface area contributed by atoms with Crippen molar-refractivity contribution >= 4 is 11.9 Å². The van der Waals surface area contributed by atoms with Gasteiger partial charge in [-0.05, 0) is 26.3 Å². The Hall–Kier alpha value is -2.18. The molecule has 0 radical (unpaired) electrons. The van der Waals surface area contributed by atoms with E-state index in [-0.39, 0.29) is 11.9 Å². The van der Waals surface area contributed by atoms with Crippen LogP contribution in [0, 0.1) is 6.92 Å². The highest BCUT2D eigenvalue weighted by molar-refractivity contribution is 6.02. The van der Waals surface area contributed by atoms with E-state index in [1.165, 1.54) is 0 Å². The molecular weight excluding hydrogens is 232 g/mol. The van der Waals surface area contributed by atoms with Crippen molar-refractivity contribution in [2.45, 2.75) is 33.7 Å². The third-order valence-corrected chi connectivity index (χ3v) is 2.55. The molecule has 0 bridgehead atoms. The molecule has 18 heavy (non-hydrogen) atoms. The fourth-order valence-electron chi connectivity index (χ4n) is 1.63. The smallest absolute Gasteiger partial charge is 0.276 e. The maximum atomic E-state index is 12.1. The van der Waals surface area contributed by atoms with Crippen LogP contribution in [-0.4, -0.2) is 30.9 Å². The summed E-state index contributed by atoms with van der Waals surface area (Å²) in [5.41, 5.74) is 1.42. The normalized spacial score (nSPS) is 10.6. The average Bonchev–Trinajstić information content (AvgIpc) is 2.95. The fraction of sp³-hybridized carbons (Fsp3) is 0.455. The molecule has 7 heteroatoms. The Morgan fingerprint density at radius 2 is 2.28 bits per heavy atom. The molecular formula is C11H16N6O. The number of nitrogens with one attached hydrogen (secondary N) is 2. The summed E-state index contributed by atoms with van der Waals surface area (Å²) >= 11 is 0. The Morgan fingerprint density at radius 1 is 1.50 bits per heavy atom. The van der Waals surface area contributed by atoms with Gasteiger partial charge in [0.15, 0.2) is 0 Å². The van der Waals surface area contributed by atoms with Crippen molar-refractivity contribution in [1.82, 2.24) is 25.0 Å². The number of carbonyl (C=O) groups is 1. The lowest BCUT2D eigenvalue weighted by Crippen LogP contribution is -2.18. The molecule has 0 spiro atoms. The van der Waals surface area contributed by atoms with Gasteiger partial charge in [0.2, 0.25) is 5.95 Å². The van der Waals surface area contributed by atoms with Crippen molar-refractivity contribution in [1.29, 1.82) is 0 Å². The largest absolute Gasteiger partial charge is 0.288 e. The summed E-state index contributed by atoms with van der Waals surface area (Å²) in [5, 5.41) is 13.5. The number of nitrogens with zero attached hydrogens (tertiary/aromatic N) is 4. The first-order valence-electron chi connectivity index (χ1n) is 5.91. The minimum absolute atomic E-state index is 0.247. The van der Waals surface area contributed by atoms with E-state index in [4.69, 9.17) is 0 Å². The van der Waals surface area contributed by atoms with Crippen LogP contribution in [0.2, 0.25) is 0 Å². The highest BCUT2D eigenvalue weighted by Gasteiger charge is 2.15. The van der Waals surface area contributed by atoms with Crippen LogP contribution in [0.1, 0.15) is 35.9 Å². The van der Waals surface area contributed by atoms with Crippen molar-refractivity contribution in [2.75, 3.05) is 5.32 Å². The van der Waals surface area contributed by atoms with Crippen LogP contribution in [0.3, 0.4) is 0 Å². The summed E-state index contributed by atoms with van der Waals surface area (Å²) in [4.78, 5) is 16.1. The van der Waals surface area contributed by atoms with Crippen LogP contribution < -0.4 is 5.32 Å². The van der Waals surface area contributed by atoms with Crippen LogP contribution >= 0.6 is 0 Å². The van der Waals surface area contributed by atoms with Crippen molar-refractivity contribution in [2.24, 2.45) is 0 Å². The van der Waals surface area contributed by atoms with Gasteiger partial charge in [0, 0.05) is 6.54 Å². The summed E-state index contributed by atoms with van der Waals surface area (Å²) < 4.78 is 1.67. The minimum Gasteiger partial charge on any atom is -0.288 e. The van der Waals surface area contributed by atoms with Gasteiger partial charge >= 0.3 is 0 Å². The molecule has 0 unspecified atom stereocenters. The molecule has 0 saturated heterocycles. The number of hydrogen-bond acceptors (Lipinski definition) is 4. The SMILES string of the molecule is CCc1cc(C(=O)Nc2n[nH]c(C)n2)n(CC)n1. The molecule has 0 aliphatic heterocycles. The summed E-state index contributed by atoms with van der Waals surface area (Å²) in [7, 11) is 0. The molecule has 0 fully saturated rings. The number of rotatable bonds is 4. The predicted octanol–water partition coefficient (Wildman–Crippen LogP) is 1.14. The Kier molecular flexibility index (Phi) is 3.40. The summed E-state index contributed by atoms with van der Waals surface area (Å²) in [6.45, 7) is 6.37. The number of aromatic nitrogens is 5. The highest BCUT2D eigenvalue weighted by atomic mass is 16.2. The maximum absolute atomic E-state index is 12.1. The molecule has 2 N–H and O–H groups in total. The van der Waals surface area contributed by atoms with Gasteiger partial charge in [0.25, 0.3) is 5.91 Å². The van der Waals surface area contributed by atoms with Gasteiger partial charge in [-0.15, -0.1) is 5.10 Å². The van der Waals surface area contributed by atoms with E-state index in [0.29, 0.717) is 18.1 Å². The lowest BCUT2D eigenvalue weighted by molar-refractivity contribution is 0.101. The van der Waals surface area contributed by atoms with Crippen LogP contribution in [0.25, 0.3) is 0 Å². The Labute approximate surface area is 105 Å². The number of anilines is 1. The molecule has 2 heterocycles. The monoisotopic (exact) mass is 248 g/mol. The molecule has 96 valence electrons. The van der Waals surface area contributed by atoms with Crippen molar-refractivity contribution < 1.29 is 4.79 Å². The van der Waals surface area contributed by atoms with Crippen LogP contribution in [0.15, 0.2) is 6.07 Å². The third kappa shape index (κ3) is 2.39. The number of H-pyrrole nitrogens is 1. The Bertz CT molecular complexity index is 556. The second kappa shape index (κ2) is 4.99. The quantitative estimate of drug-likeness (QED) is 0.849. The molecule has 0 saturated carbocycles. The topological polar surface area (TPSA) is 88.5 Å². The summed E-state index contributed by atoms with van der Waals surface area (Å²) in [6, 6.07) is 1.79. The lowest BCUT2D eigenvalue weighted by Gasteiger charge is -2.02. The Balaban J connectivity index is 2.20. The molecule has 7 nitrogen and oxygen atoms in total. The average molecular weight is 248 g/mol. The van der Waals surface area contributed by atoms with Crippen molar-refractivity contribution in [3.05, 3.63) is 23.3 Å². The van der Waals surface area contributed by atoms with E-state index in [9.17, 15) is 4.79 Å². The molecule has 0 aliphatic rings. The second-order valence-corrected chi connectivity index (χ2v) is 3.89. The van der Waals surface area contributed by atoms with Gasteiger partial charge in [0.1, 0.15) is 11.5 Å². The van der Waals surface area contributed by atoms with Gasteiger partial charge in [0.05, 0.1) is 5.69 Å². The Morgan fingerprint density at radius 3 is 2.83 bits per heavy atom. The van der Waals surface area contributed by atoms with E-state index >= 15 is 0 Å². The van der Waals surface area contributed by atoms with Gasteiger partial charge in [-0.3, -0.25) is 19.9 Å². The number of aryl methyl sites for hydroxylation is 3. The molecule has 2 aromatic heterocycles. The first kappa shape index (κ1) is 12.3. The molecule has 1 amide bonds. The highest BCUT2D eigenvalue weighted by Crippen LogP contribution is 2.08. The number of amides is 1. The number of carbonyl (C=O) groups excluding carboxylic acids is 1. The molecule has 2 rings (SSSR count). The van der Waals surface area contributed by atoms with E-state index in [1.54, 1.807) is 17.7 Å². The number of aromatic amines is 1. The van der Waals surface area contributed by atoms with E-state index in [2.05, 4.69) is 25.6 Å². The molecule has 2 aromatic rings. The van der Waals surface area contributed by atoms with Gasteiger partial charge < -0.3 is 0 Å². The standard InChI is InChI=1S/C11H16N6O/c1-4-8-6-9(17(5-2)16-8)10(18)13-11-12-7(3)14-15-11/h6H,4-5H2,1-3H3,(H2,12,13,14,15,18). The first-order valence-corrected chi connectivity index (χ1v) is 5.91. The fourth-order valence-corrected chi connectivity index (χ4v) is 1.63. The zero-order valence-electron chi connectivity index (χ0n) is 10.7. The molecule has 0 aliphatic carbocycles. The van der Waals surface area contributed by atoms with E-state index < -0.39 is 0 Å². The van der Waals surface area contributed by atoms with E-state index in [0.717, 1.165) is 12.1 Å². The van der Waals surface area contributed by atoms with Crippen molar-refractivity contribution in [3.63, 3.8) is 0 Å². The van der Waals surface area contributed by atoms with Gasteiger partial charge in [-0.2, -0.15) is 10.1 Å². The van der Waals surface area contributed by atoms with Crippen LogP contribution in [0.4, 0.5) is 5.95 Å². The van der Waals surface area contributed by atoms with E-state index in [1.807, 2.05) is 13.8 Å². The maximum Gasteiger partial charge on any atom is 0.276 e. The van der Waals surface area contributed by atoms with Gasteiger partial charge in [-0.1, -0.05) is 6.92 Å². The molecule has 0 aromatic carbocycles. The third-order valence-electron chi connectivity index (χ3n) is 2.55. The van der Waals surface area contributed by atoms with Crippen molar-refractivity contribution in [3.8, 4) is 0 Å². The summed E-state index contributed by atoms with van der Waals surface area (Å²) in [5.74, 6) is 0.686. The number of hydrogen-bond donors (Lipinski definition) is 2.